The standard InChI is InChI=1S/C22H16BrN3O4/c23-18-8-4-5-9-19(18)24-22(28)20(25-21(27)16-6-2-1-3-7-16)14-15-10-12-17(13-11-15)26(29)30/h1-14H,(H,24,28)(H,25,27)/b20-14-. The first-order valence-electron chi connectivity index (χ1n) is 8.82. The molecule has 0 unspecified atom stereocenters. The van der Waals surface area contributed by atoms with E-state index >= 15 is 0 Å². The van der Waals surface area contributed by atoms with Gasteiger partial charge in [-0.15, -0.1) is 0 Å². The highest BCUT2D eigenvalue weighted by Gasteiger charge is 2.16. The Morgan fingerprint density at radius 1 is 0.900 bits per heavy atom. The van der Waals surface area contributed by atoms with Gasteiger partial charge >= 0.3 is 0 Å². The average molecular weight is 466 g/mol. The van der Waals surface area contributed by atoms with E-state index < -0.39 is 16.7 Å². The number of amides is 2. The molecule has 0 heterocycles. The molecule has 0 aliphatic heterocycles. The summed E-state index contributed by atoms with van der Waals surface area (Å²) in [6, 6.07) is 21.2. The summed E-state index contributed by atoms with van der Waals surface area (Å²) in [5, 5.41) is 16.2. The van der Waals surface area contributed by atoms with Crippen LogP contribution in [0.5, 0.6) is 0 Å². The SMILES string of the molecule is O=C(Nc1ccccc1Br)/C(=C/c1ccc([N+](=O)[O-])cc1)NC(=O)c1ccccc1. The van der Waals surface area contributed by atoms with Gasteiger partial charge in [-0.05, 0) is 64.0 Å². The highest BCUT2D eigenvalue weighted by molar-refractivity contribution is 9.10. The van der Waals surface area contributed by atoms with Crippen molar-refractivity contribution in [3.8, 4) is 0 Å². The molecule has 0 fully saturated rings. The van der Waals surface area contributed by atoms with Gasteiger partial charge in [0.1, 0.15) is 5.70 Å². The zero-order valence-corrected chi connectivity index (χ0v) is 17.1. The Balaban J connectivity index is 1.91. The Morgan fingerprint density at radius 2 is 1.53 bits per heavy atom. The van der Waals surface area contributed by atoms with E-state index in [-0.39, 0.29) is 11.4 Å². The van der Waals surface area contributed by atoms with Crippen LogP contribution in [0, 0.1) is 10.1 Å². The number of nitrogens with one attached hydrogen (secondary N) is 2. The molecule has 150 valence electrons. The summed E-state index contributed by atoms with van der Waals surface area (Å²) in [5.41, 5.74) is 1.37. The number of para-hydroxylation sites is 1. The van der Waals surface area contributed by atoms with Crippen molar-refractivity contribution >= 4 is 45.2 Å². The Labute approximate surface area is 180 Å². The van der Waals surface area contributed by atoms with Crippen LogP contribution >= 0.6 is 15.9 Å². The topological polar surface area (TPSA) is 101 Å². The summed E-state index contributed by atoms with van der Waals surface area (Å²) in [6.45, 7) is 0. The van der Waals surface area contributed by atoms with Gasteiger partial charge in [0, 0.05) is 22.2 Å². The number of benzene rings is 3. The maximum Gasteiger partial charge on any atom is 0.272 e. The molecule has 2 amide bonds. The number of carbonyl (C=O) groups is 2. The largest absolute Gasteiger partial charge is 0.320 e. The monoisotopic (exact) mass is 465 g/mol. The summed E-state index contributed by atoms with van der Waals surface area (Å²) in [7, 11) is 0. The van der Waals surface area contributed by atoms with Crippen LogP contribution in [0.2, 0.25) is 0 Å². The van der Waals surface area contributed by atoms with Gasteiger partial charge in [-0.25, -0.2) is 0 Å². The number of halogens is 1. The predicted molar refractivity (Wildman–Crippen MR) is 118 cm³/mol. The molecule has 3 rings (SSSR count). The Morgan fingerprint density at radius 3 is 2.17 bits per heavy atom. The number of hydrogen-bond acceptors (Lipinski definition) is 4. The first kappa shape index (κ1) is 20.9. The van der Waals surface area contributed by atoms with Crippen molar-refractivity contribution in [1.29, 1.82) is 0 Å². The van der Waals surface area contributed by atoms with Crippen LogP contribution < -0.4 is 10.6 Å². The lowest BCUT2D eigenvalue weighted by molar-refractivity contribution is -0.384. The van der Waals surface area contributed by atoms with E-state index in [2.05, 4.69) is 26.6 Å². The van der Waals surface area contributed by atoms with Crippen LogP contribution in [0.3, 0.4) is 0 Å². The third kappa shape index (κ3) is 5.39. The van der Waals surface area contributed by atoms with Crippen molar-refractivity contribution in [3.05, 3.63) is 110 Å². The predicted octanol–water partition coefficient (Wildman–Crippen LogP) is 4.77. The second-order valence-electron chi connectivity index (χ2n) is 6.16. The van der Waals surface area contributed by atoms with Gasteiger partial charge in [0.2, 0.25) is 0 Å². The molecule has 3 aromatic carbocycles. The fourth-order valence-electron chi connectivity index (χ4n) is 2.55. The van der Waals surface area contributed by atoms with Gasteiger partial charge in [0.15, 0.2) is 0 Å². The van der Waals surface area contributed by atoms with Crippen molar-refractivity contribution in [3.63, 3.8) is 0 Å². The summed E-state index contributed by atoms with van der Waals surface area (Å²) in [5.74, 6) is -0.990. The molecule has 0 atom stereocenters. The second-order valence-corrected chi connectivity index (χ2v) is 7.02. The highest BCUT2D eigenvalue weighted by Crippen LogP contribution is 2.22. The summed E-state index contributed by atoms with van der Waals surface area (Å²) >= 11 is 3.36. The van der Waals surface area contributed by atoms with Gasteiger partial charge in [0.05, 0.1) is 10.6 Å². The summed E-state index contributed by atoms with van der Waals surface area (Å²) < 4.78 is 0.683. The number of carbonyl (C=O) groups excluding carboxylic acids is 2. The average Bonchev–Trinajstić information content (AvgIpc) is 2.75. The Bertz CT molecular complexity index is 1110. The van der Waals surface area contributed by atoms with Crippen LogP contribution in [0.4, 0.5) is 11.4 Å². The number of non-ortho nitro benzene ring substituents is 1. The molecule has 3 aromatic rings. The number of nitrogens with zero attached hydrogens (tertiary/aromatic N) is 1. The maximum atomic E-state index is 12.9. The molecule has 8 heteroatoms. The van der Waals surface area contributed by atoms with Crippen LogP contribution in [0.1, 0.15) is 15.9 Å². The number of rotatable bonds is 6. The van der Waals surface area contributed by atoms with E-state index in [9.17, 15) is 19.7 Å². The van der Waals surface area contributed by atoms with Crippen molar-refractivity contribution < 1.29 is 14.5 Å². The molecule has 0 radical (unpaired) electrons. The van der Waals surface area contributed by atoms with E-state index in [4.69, 9.17) is 0 Å². The second kappa shape index (κ2) is 9.62. The van der Waals surface area contributed by atoms with Crippen molar-refractivity contribution in [2.45, 2.75) is 0 Å². The molecule has 0 saturated heterocycles. The van der Waals surface area contributed by atoms with Gasteiger partial charge in [-0.2, -0.15) is 0 Å². The first-order chi connectivity index (χ1) is 14.4. The smallest absolute Gasteiger partial charge is 0.272 e. The number of hydrogen-bond donors (Lipinski definition) is 2. The number of anilines is 1. The summed E-state index contributed by atoms with van der Waals surface area (Å²) in [4.78, 5) is 35.8. The fourth-order valence-corrected chi connectivity index (χ4v) is 2.94. The van der Waals surface area contributed by atoms with E-state index in [1.165, 1.54) is 30.3 Å². The van der Waals surface area contributed by atoms with Crippen LogP contribution in [-0.2, 0) is 4.79 Å². The van der Waals surface area contributed by atoms with Gasteiger partial charge < -0.3 is 10.6 Å². The lowest BCUT2D eigenvalue weighted by Crippen LogP contribution is -2.30. The fraction of sp³-hybridized carbons (Fsp3) is 0. The molecule has 0 aliphatic rings. The van der Waals surface area contributed by atoms with Gasteiger partial charge in [-0.1, -0.05) is 30.3 Å². The lowest BCUT2D eigenvalue weighted by Gasteiger charge is -2.12. The minimum atomic E-state index is -0.537. The summed E-state index contributed by atoms with van der Waals surface area (Å²) in [6.07, 6.45) is 1.46. The zero-order chi connectivity index (χ0) is 21.5. The highest BCUT2D eigenvalue weighted by atomic mass is 79.9. The molecule has 7 nitrogen and oxygen atoms in total. The van der Waals surface area contributed by atoms with Crippen LogP contribution in [0.25, 0.3) is 6.08 Å². The minimum absolute atomic E-state index is 0.00606. The van der Waals surface area contributed by atoms with Gasteiger partial charge in [0.25, 0.3) is 17.5 Å². The molecule has 0 spiro atoms. The number of nitro benzene ring substituents is 1. The normalized spacial score (nSPS) is 10.9. The van der Waals surface area contributed by atoms with Gasteiger partial charge in [-0.3, -0.25) is 19.7 Å². The maximum absolute atomic E-state index is 12.9. The minimum Gasteiger partial charge on any atom is -0.320 e. The van der Waals surface area contributed by atoms with Crippen molar-refractivity contribution in [2.75, 3.05) is 5.32 Å². The van der Waals surface area contributed by atoms with Crippen molar-refractivity contribution in [1.82, 2.24) is 5.32 Å². The Kier molecular flexibility index (Phi) is 6.71. The van der Waals surface area contributed by atoms with E-state index in [0.717, 1.165) is 0 Å². The lowest BCUT2D eigenvalue weighted by atomic mass is 10.1. The molecule has 0 saturated carbocycles. The van der Waals surface area contributed by atoms with Crippen LogP contribution in [-0.4, -0.2) is 16.7 Å². The molecule has 0 aliphatic carbocycles. The Hall–Kier alpha value is -3.78. The zero-order valence-electron chi connectivity index (χ0n) is 15.5. The molecule has 2 N–H and O–H groups in total. The quantitative estimate of drug-likeness (QED) is 0.311. The van der Waals surface area contributed by atoms with Crippen molar-refractivity contribution in [2.24, 2.45) is 0 Å². The molecule has 0 aromatic heterocycles. The first-order valence-corrected chi connectivity index (χ1v) is 9.62. The third-order valence-electron chi connectivity index (χ3n) is 4.07. The molecular formula is C22H16BrN3O4. The van der Waals surface area contributed by atoms with E-state index in [1.807, 2.05) is 6.07 Å². The van der Waals surface area contributed by atoms with Crippen LogP contribution in [0.15, 0.2) is 89.0 Å². The van der Waals surface area contributed by atoms with E-state index in [1.54, 1.807) is 48.5 Å². The number of nitro groups is 1. The van der Waals surface area contributed by atoms with E-state index in [0.29, 0.717) is 21.3 Å². The molecule has 0 bridgehead atoms. The third-order valence-corrected chi connectivity index (χ3v) is 4.76. The molecular weight excluding hydrogens is 450 g/mol. The molecule has 30 heavy (non-hydrogen) atoms.